The van der Waals surface area contributed by atoms with E-state index >= 15 is 0 Å². The molecule has 0 aromatic carbocycles. The lowest BCUT2D eigenvalue weighted by atomic mass is 10.1. The number of amides is 1. The van der Waals surface area contributed by atoms with Crippen molar-refractivity contribution >= 4 is 5.91 Å². The Morgan fingerprint density at radius 2 is 2.27 bits per heavy atom. The summed E-state index contributed by atoms with van der Waals surface area (Å²) >= 11 is 0. The molecule has 4 heteroatoms. The van der Waals surface area contributed by atoms with E-state index in [1.165, 1.54) is 0 Å². The molecule has 0 saturated heterocycles. The van der Waals surface area contributed by atoms with Gasteiger partial charge in [0.05, 0.1) is 6.04 Å². The molecule has 0 aliphatic rings. The lowest BCUT2D eigenvalue weighted by Crippen LogP contribution is -2.40. The fraction of sp³-hybridized carbons (Fsp3) is 0.455. The number of nitrogens with one attached hydrogen (secondary N) is 1. The van der Waals surface area contributed by atoms with E-state index in [4.69, 9.17) is 5.73 Å². The molecular weight excluding hydrogens is 190 g/mol. The smallest absolute Gasteiger partial charge is 0.234 e. The summed E-state index contributed by atoms with van der Waals surface area (Å²) in [5, 5.41) is 2.85. The van der Waals surface area contributed by atoms with Crippen LogP contribution in [0.15, 0.2) is 24.5 Å². The third-order valence-corrected chi connectivity index (χ3v) is 1.85. The van der Waals surface area contributed by atoms with E-state index < -0.39 is 0 Å². The zero-order valence-electron chi connectivity index (χ0n) is 9.53. The second kappa shape index (κ2) is 7.94. The van der Waals surface area contributed by atoms with Gasteiger partial charge < -0.3 is 11.1 Å². The molecule has 1 atom stereocenters. The maximum atomic E-state index is 10.9. The molecule has 1 heterocycles. The molecule has 0 radical (unpaired) electrons. The van der Waals surface area contributed by atoms with Crippen LogP contribution in [0, 0.1) is 0 Å². The maximum absolute atomic E-state index is 10.9. The van der Waals surface area contributed by atoms with E-state index in [-0.39, 0.29) is 11.9 Å². The number of nitrogens with zero attached hydrogens (tertiary/aromatic N) is 1. The third kappa shape index (κ3) is 5.12. The first-order chi connectivity index (χ1) is 7.24. The topological polar surface area (TPSA) is 68.0 Å². The number of rotatable bonds is 4. The summed E-state index contributed by atoms with van der Waals surface area (Å²) in [4.78, 5) is 14.8. The average Bonchev–Trinajstić information content (AvgIpc) is 2.29. The van der Waals surface area contributed by atoms with Gasteiger partial charge in [0.2, 0.25) is 5.91 Å². The van der Waals surface area contributed by atoms with E-state index in [0.29, 0.717) is 6.42 Å². The Kier molecular flexibility index (Phi) is 7.18. The van der Waals surface area contributed by atoms with Crippen LogP contribution < -0.4 is 11.1 Å². The molecule has 4 nitrogen and oxygen atoms in total. The number of hydrogen-bond acceptors (Lipinski definition) is 3. The molecule has 15 heavy (non-hydrogen) atoms. The summed E-state index contributed by atoms with van der Waals surface area (Å²) < 4.78 is 0. The highest BCUT2D eigenvalue weighted by Crippen LogP contribution is 2.00. The van der Waals surface area contributed by atoms with Crippen LogP contribution in [-0.4, -0.2) is 24.0 Å². The third-order valence-electron chi connectivity index (χ3n) is 1.85. The minimum atomic E-state index is -0.341. The number of likely N-dealkylation sites (N-methyl/N-ethyl adjacent to an activating group) is 1. The maximum Gasteiger partial charge on any atom is 0.234 e. The van der Waals surface area contributed by atoms with Gasteiger partial charge in [-0.15, -0.1) is 0 Å². The summed E-state index contributed by atoms with van der Waals surface area (Å²) in [6.45, 7) is 4.00. The first kappa shape index (κ1) is 13.6. The van der Waals surface area contributed by atoms with Gasteiger partial charge in [0.15, 0.2) is 0 Å². The molecule has 1 amide bonds. The number of nitrogens with two attached hydrogens (primary N) is 1. The van der Waals surface area contributed by atoms with Crippen molar-refractivity contribution in [2.75, 3.05) is 7.05 Å². The van der Waals surface area contributed by atoms with Crippen molar-refractivity contribution < 1.29 is 4.79 Å². The highest BCUT2D eigenvalue weighted by atomic mass is 16.1. The highest BCUT2D eigenvalue weighted by molar-refractivity contribution is 5.80. The van der Waals surface area contributed by atoms with E-state index in [2.05, 4.69) is 10.3 Å². The summed E-state index contributed by atoms with van der Waals surface area (Å²) in [5.41, 5.74) is 6.17. The lowest BCUT2D eigenvalue weighted by molar-refractivity contribution is -0.119. The normalized spacial score (nSPS) is 11.1. The van der Waals surface area contributed by atoms with Crippen LogP contribution in [0.25, 0.3) is 0 Å². The van der Waals surface area contributed by atoms with Gasteiger partial charge in [-0.25, -0.2) is 0 Å². The second-order valence-electron chi connectivity index (χ2n) is 2.81. The van der Waals surface area contributed by atoms with Crippen molar-refractivity contribution in [1.29, 1.82) is 0 Å². The largest absolute Gasteiger partial charge is 0.368 e. The van der Waals surface area contributed by atoms with Gasteiger partial charge >= 0.3 is 0 Å². The first-order valence-electron chi connectivity index (χ1n) is 5.09. The van der Waals surface area contributed by atoms with Gasteiger partial charge in [-0.2, -0.15) is 0 Å². The van der Waals surface area contributed by atoms with Gasteiger partial charge in [0, 0.05) is 12.4 Å². The Morgan fingerprint density at radius 1 is 1.60 bits per heavy atom. The SMILES string of the molecule is CC.CNC(Cc1cccnc1)C(N)=O. The van der Waals surface area contributed by atoms with Crippen LogP contribution >= 0.6 is 0 Å². The van der Waals surface area contributed by atoms with Crippen LogP contribution in [0.2, 0.25) is 0 Å². The number of carbonyl (C=O) groups excluding carboxylic acids is 1. The van der Waals surface area contributed by atoms with Crippen LogP contribution in [-0.2, 0) is 11.2 Å². The summed E-state index contributed by atoms with van der Waals surface area (Å²) in [5.74, 6) is -0.341. The Bertz CT molecular complexity index is 274. The van der Waals surface area contributed by atoms with Crippen molar-refractivity contribution in [3.63, 3.8) is 0 Å². The van der Waals surface area contributed by atoms with Crippen molar-refractivity contribution in [2.24, 2.45) is 5.73 Å². The molecule has 3 N–H and O–H groups in total. The van der Waals surface area contributed by atoms with E-state index in [1.807, 2.05) is 26.0 Å². The fourth-order valence-corrected chi connectivity index (χ4v) is 1.10. The molecule has 0 fully saturated rings. The zero-order chi connectivity index (χ0) is 11.7. The number of primary amides is 1. The number of carbonyl (C=O) groups is 1. The minimum Gasteiger partial charge on any atom is -0.368 e. The predicted octanol–water partition coefficient (Wildman–Crippen LogP) is 0.724. The van der Waals surface area contributed by atoms with Crippen LogP contribution in [0.3, 0.4) is 0 Å². The van der Waals surface area contributed by atoms with Crippen LogP contribution in [0.1, 0.15) is 19.4 Å². The van der Waals surface area contributed by atoms with E-state index in [9.17, 15) is 4.79 Å². The van der Waals surface area contributed by atoms with Crippen LogP contribution in [0.5, 0.6) is 0 Å². The Balaban J connectivity index is 0.000000921. The summed E-state index contributed by atoms with van der Waals surface area (Å²) in [6, 6.07) is 3.44. The zero-order valence-corrected chi connectivity index (χ0v) is 9.53. The molecule has 0 aliphatic heterocycles. The van der Waals surface area contributed by atoms with Crippen molar-refractivity contribution in [2.45, 2.75) is 26.3 Å². The number of aromatic nitrogens is 1. The van der Waals surface area contributed by atoms with E-state index in [0.717, 1.165) is 5.56 Å². The van der Waals surface area contributed by atoms with E-state index in [1.54, 1.807) is 19.4 Å². The average molecular weight is 209 g/mol. The number of pyridine rings is 1. The molecule has 1 unspecified atom stereocenters. The molecule has 1 rings (SSSR count). The molecule has 0 aliphatic carbocycles. The highest BCUT2D eigenvalue weighted by Gasteiger charge is 2.12. The molecule has 1 aromatic rings. The summed E-state index contributed by atoms with van der Waals surface area (Å²) in [7, 11) is 1.71. The first-order valence-corrected chi connectivity index (χ1v) is 5.09. The van der Waals surface area contributed by atoms with Crippen molar-refractivity contribution in [3.8, 4) is 0 Å². The van der Waals surface area contributed by atoms with Gasteiger partial charge in [0.1, 0.15) is 0 Å². The van der Waals surface area contributed by atoms with Crippen molar-refractivity contribution in [3.05, 3.63) is 30.1 Å². The molecule has 84 valence electrons. The van der Waals surface area contributed by atoms with Crippen LogP contribution in [0.4, 0.5) is 0 Å². The van der Waals surface area contributed by atoms with Gasteiger partial charge in [-0.1, -0.05) is 19.9 Å². The monoisotopic (exact) mass is 209 g/mol. The van der Waals surface area contributed by atoms with Gasteiger partial charge in [0.25, 0.3) is 0 Å². The minimum absolute atomic E-state index is 0.316. The molecule has 0 bridgehead atoms. The lowest BCUT2D eigenvalue weighted by Gasteiger charge is -2.11. The molecule has 0 saturated carbocycles. The Morgan fingerprint density at radius 3 is 2.67 bits per heavy atom. The predicted molar refractivity (Wildman–Crippen MR) is 61.3 cm³/mol. The molecular formula is C11H19N3O. The standard InChI is InChI=1S/C9H13N3O.C2H6/c1-11-8(9(10)13)5-7-3-2-4-12-6-7;1-2/h2-4,6,8,11H,5H2,1H3,(H2,10,13);1-2H3. The Labute approximate surface area is 90.9 Å². The number of hydrogen-bond donors (Lipinski definition) is 2. The van der Waals surface area contributed by atoms with Crippen molar-refractivity contribution in [1.82, 2.24) is 10.3 Å². The Hall–Kier alpha value is -1.42. The quantitative estimate of drug-likeness (QED) is 0.768. The summed E-state index contributed by atoms with van der Waals surface area (Å²) in [6.07, 6.45) is 4.01. The van der Waals surface area contributed by atoms with Gasteiger partial charge in [-0.3, -0.25) is 9.78 Å². The molecule has 1 aromatic heterocycles. The fourth-order valence-electron chi connectivity index (χ4n) is 1.10. The van der Waals surface area contributed by atoms with Gasteiger partial charge in [-0.05, 0) is 25.1 Å². The molecule has 0 spiro atoms. The second-order valence-corrected chi connectivity index (χ2v) is 2.81.